The van der Waals surface area contributed by atoms with Gasteiger partial charge < -0.3 is 14.9 Å². The number of hydrogen-bond donors (Lipinski definition) is 2. The lowest BCUT2D eigenvalue weighted by Crippen LogP contribution is -2.00. The number of hydrogen-bond acceptors (Lipinski definition) is 3. The first-order valence-corrected chi connectivity index (χ1v) is 8.42. The molecule has 0 unspecified atom stereocenters. The standard InChI is InChI=1S/C20H26O3/c1-5-13-15(7-3)19(11-9-17(13)21)23-20-12-10-18(22)14(6-2)16(20)8-4/h9-12,21-22H,5-8H2,1-4H3. The zero-order valence-corrected chi connectivity index (χ0v) is 14.4. The van der Waals surface area contributed by atoms with Crippen molar-refractivity contribution in [1.29, 1.82) is 0 Å². The number of benzene rings is 2. The van der Waals surface area contributed by atoms with Crippen LogP contribution in [0, 0.1) is 0 Å². The van der Waals surface area contributed by atoms with Gasteiger partial charge in [0.2, 0.25) is 0 Å². The smallest absolute Gasteiger partial charge is 0.131 e. The van der Waals surface area contributed by atoms with Crippen LogP contribution in [0.5, 0.6) is 23.0 Å². The van der Waals surface area contributed by atoms with Crippen LogP contribution in [0.2, 0.25) is 0 Å². The Morgan fingerprint density at radius 3 is 1.26 bits per heavy atom. The molecule has 0 atom stereocenters. The summed E-state index contributed by atoms with van der Waals surface area (Å²) in [6.07, 6.45) is 3.13. The quantitative estimate of drug-likeness (QED) is 0.776. The third kappa shape index (κ3) is 3.29. The second kappa shape index (κ2) is 7.40. The fraction of sp³-hybridized carbons (Fsp3) is 0.400. The van der Waals surface area contributed by atoms with E-state index < -0.39 is 0 Å². The average Bonchev–Trinajstić information content (AvgIpc) is 2.56. The molecular formula is C20H26O3. The van der Waals surface area contributed by atoms with Crippen molar-refractivity contribution in [2.45, 2.75) is 53.4 Å². The van der Waals surface area contributed by atoms with Crippen LogP contribution in [0.4, 0.5) is 0 Å². The first-order chi connectivity index (χ1) is 11.1. The Balaban J connectivity index is 2.52. The minimum Gasteiger partial charge on any atom is -0.508 e. The number of phenols is 2. The van der Waals surface area contributed by atoms with Gasteiger partial charge in [-0.15, -0.1) is 0 Å². The molecule has 0 bridgehead atoms. The molecule has 2 rings (SSSR count). The number of aromatic hydroxyl groups is 2. The van der Waals surface area contributed by atoms with Gasteiger partial charge in [-0.2, -0.15) is 0 Å². The fourth-order valence-corrected chi connectivity index (χ4v) is 3.19. The SMILES string of the molecule is CCc1c(O)ccc(Oc2ccc(O)c(CC)c2CC)c1CC. The summed E-state index contributed by atoms with van der Waals surface area (Å²) in [7, 11) is 0. The maximum absolute atomic E-state index is 10.0. The monoisotopic (exact) mass is 314 g/mol. The predicted molar refractivity (Wildman–Crippen MR) is 93.8 cm³/mol. The highest BCUT2D eigenvalue weighted by Crippen LogP contribution is 2.37. The molecule has 124 valence electrons. The Kier molecular flexibility index (Phi) is 5.54. The Morgan fingerprint density at radius 1 is 0.609 bits per heavy atom. The van der Waals surface area contributed by atoms with Gasteiger partial charge in [-0.25, -0.2) is 0 Å². The van der Waals surface area contributed by atoms with Crippen LogP contribution in [-0.4, -0.2) is 10.2 Å². The molecule has 0 fully saturated rings. The molecule has 0 radical (unpaired) electrons. The summed E-state index contributed by atoms with van der Waals surface area (Å²) >= 11 is 0. The molecule has 2 N–H and O–H groups in total. The molecule has 0 saturated carbocycles. The van der Waals surface area contributed by atoms with Crippen molar-refractivity contribution in [3.05, 3.63) is 46.5 Å². The molecule has 3 nitrogen and oxygen atoms in total. The van der Waals surface area contributed by atoms with Crippen LogP contribution in [0.1, 0.15) is 49.9 Å². The van der Waals surface area contributed by atoms with E-state index in [-0.39, 0.29) is 0 Å². The molecule has 0 aliphatic heterocycles. The second-order valence-corrected chi connectivity index (χ2v) is 5.60. The zero-order chi connectivity index (χ0) is 17.0. The topological polar surface area (TPSA) is 49.7 Å². The Bertz CT molecular complexity index is 630. The predicted octanol–water partition coefficient (Wildman–Crippen LogP) is 5.14. The second-order valence-electron chi connectivity index (χ2n) is 5.60. The molecule has 23 heavy (non-hydrogen) atoms. The number of ether oxygens (including phenoxy) is 1. The Labute approximate surface area is 138 Å². The lowest BCUT2D eigenvalue weighted by molar-refractivity contribution is 0.444. The molecule has 0 heterocycles. The van der Waals surface area contributed by atoms with Gasteiger partial charge in [-0.05, 0) is 49.9 Å². The molecule has 3 heteroatoms. The summed E-state index contributed by atoms with van der Waals surface area (Å²) in [5.74, 6) is 2.22. The van der Waals surface area contributed by atoms with Gasteiger partial charge in [-0.3, -0.25) is 0 Å². The van der Waals surface area contributed by atoms with E-state index in [1.54, 1.807) is 12.1 Å². The highest BCUT2D eigenvalue weighted by atomic mass is 16.5. The number of phenolic OH excluding ortho intramolecular Hbond substituents is 2. The van der Waals surface area contributed by atoms with Crippen molar-refractivity contribution in [3.8, 4) is 23.0 Å². The van der Waals surface area contributed by atoms with Gasteiger partial charge in [0, 0.05) is 22.3 Å². The summed E-state index contributed by atoms with van der Waals surface area (Å²) in [6.45, 7) is 8.20. The molecular weight excluding hydrogens is 288 g/mol. The maximum atomic E-state index is 10.0. The van der Waals surface area contributed by atoms with Crippen LogP contribution in [0.25, 0.3) is 0 Å². The summed E-state index contributed by atoms with van der Waals surface area (Å²) in [5, 5.41) is 20.1. The highest BCUT2D eigenvalue weighted by molar-refractivity contribution is 5.53. The molecule has 2 aromatic carbocycles. The van der Waals surface area contributed by atoms with Gasteiger partial charge in [0.1, 0.15) is 23.0 Å². The molecule has 0 aliphatic rings. The van der Waals surface area contributed by atoms with Crippen molar-refractivity contribution < 1.29 is 14.9 Å². The molecule has 0 aliphatic carbocycles. The first-order valence-electron chi connectivity index (χ1n) is 8.42. The van der Waals surface area contributed by atoms with Gasteiger partial charge in [0.05, 0.1) is 0 Å². The van der Waals surface area contributed by atoms with E-state index in [2.05, 4.69) is 13.8 Å². The molecule has 0 saturated heterocycles. The summed E-state index contributed by atoms with van der Waals surface area (Å²) in [5.41, 5.74) is 3.97. The van der Waals surface area contributed by atoms with E-state index in [0.717, 1.165) is 59.4 Å². The molecule has 0 aromatic heterocycles. The van der Waals surface area contributed by atoms with E-state index in [1.807, 2.05) is 26.0 Å². The van der Waals surface area contributed by atoms with Crippen LogP contribution in [0.3, 0.4) is 0 Å². The van der Waals surface area contributed by atoms with Crippen molar-refractivity contribution in [2.24, 2.45) is 0 Å². The van der Waals surface area contributed by atoms with E-state index >= 15 is 0 Å². The van der Waals surface area contributed by atoms with Crippen LogP contribution < -0.4 is 4.74 Å². The fourth-order valence-electron chi connectivity index (χ4n) is 3.19. The summed E-state index contributed by atoms with van der Waals surface area (Å²) in [4.78, 5) is 0. The van der Waals surface area contributed by atoms with Crippen molar-refractivity contribution in [2.75, 3.05) is 0 Å². The third-order valence-corrected chi connectivity index (χ3v) is 4.36. The highest BCUT2D eigenvalue weighted by Gasteiger charge is 2.16. The van der Waals surface area contributed by atoms with Crippen molar-refractivity contribution in [3.63, 3.8) is 0 Å². The first kappa shape index (κ1) is 17.2. The van der Waals surface area contributed by atoms with Gasteiger partial charge in [0.15, 0.2) is 0 Å². The summed E-state index contributed by atoms with van der Waals surface area (Å²) < 4.78 is 6.20. The Hall–Kier alpha value is -2.16. The Morgan fingerprint density at radius 2 is 0.957 bits per heavy atom. The van der Waals surface area contributed by atoms with Crippen LogP contribution in [-0.2, 0) is 25.7 Å². The van der Waals surface area contributed by atoms with Gasteiger partial charge in [0.25, 0.3) is 0 Å². The number of rotatable bonds is 6. The molecule has 0 amide bonds. The minimum absolute atomic E-state index is 0.326. The normalized spacial score (nSPS) is 10.8. The lowest BCUT2D eigenvalue weighted by Gasteiger charge is -2.18. The van der Waals surface area contributed by atoms with E-state index in [0.29, 0.717) is 11.5 Å². The minimum atomic E-state index is 0.326. The van der Waals surface area contributed by atoms with Gasteiger partial charge in [-0.1, -0.05) is 27.7 Å². The largest absolute Gasteiger partial charge is 0.508 e. The zero-order valence-electron chi connectivity index (χ0n) is 14.4. The van der Waals surface area contributed by atoms with E-state index in [9.17, 15) is 10.2 Å². The van der Waals surface area contributed by atoms with Crippen molar-refractivity contribution in [1.82, 2.24) is 0 Å². The third-order valence-electron chi connectivity index (χ3n) is 4.36. The molecule has 2 aromatic rings. The molecule has 0 spiro atoms. The van der Waals surface area contributed by atoms with E-state index in [1.165, 1.54) is 0 Å². The van der Waals surface area contributed by atoms with Crippen molar-refractivity contribution >= 4 is 0 Å². The lowest BCUT2D eigenvalue weighted by atomic mass is 9.99. The maximum Gasteiger partial charge on any atom is 0.131 e. The average molecular weight is 314 g/mol. The van der Waals surface area contributed by atoms with Gasteiger partial charge >= 0.3 is 0 Å². The van der Waals surface area contributed by atoms with E-state index in [4.69, 9.17) is 4.74 Å². The summed E-state index contributed by atoms with van der Waals surface area (Å²) in [6, 6.07) is 7.04. The van der Waals surface area contributed by atoms with Crippen LogP contribution >= 0.6 is 0 Å². The van der Waals surface area contributed by atoms with Crippen LogP contribution in [0.15, 0.2) is 24.3 Å².